The molecule has 122 valence electrons. The second kappa shape index (κ2) is 6.09. The molecule has 1 aliphatic heterocycles. The zero-order valence-corrected chi connectivity index (χ0v) is 14.9. The van der Waals surface area contributed by atoms with Crippen LogP contribution in [0.1, 0.15) is 28.5 Å². The minimum Gasteiger partial charge on any atom is -0.307 e. The van der Waals surface area contributed by atoms with Gasteiger partial charge in [-0.3, -0.25) is 4.79 Å². The average Bonchev–Trinajstić information content (AvgIpc) is 3.02. The normalized spacial score (nSPS) is 19.7. The van der Waals surface area contributed by atoms with Crippen LogP contribution in [-0.2, 0) is 9.84 Å². The van der Waals surface area contributed by atoms with Crippen molar-refractivity contribution in [1.82, 2.24) is 9.78 Å². The van der Waals surface area contributed by atoms with Gasteiger partial charge in [0.2, 0.25) is 0 Å². The number of hydrogen-bond donors (Lipinski definition) is 1. The highest BCUT2D eigenvalue weighted by molar-refractivity contribution is 9.10. The number of aryl methyl sites for hydroxylation is 1. The summed E-state index contributed by atoms with van der Waals surface area (Å²) in [5.41, 5.74) is 1.26. The molecular weight excluding hydrogens is 382 g/mol. The van der Waals surface area contributed by atoms with E-state index in [9.17, 15) is 13.2 Å². The molecule has 1 N–H and O–H groups in total. The summed E-state index contributed by atoms with van der Waals surface area (Å²) in [6, 6.07) is 8.54. The minimum absolute atomic E-state index is 0.0648. The van der Waals surface area contributed by atoms with Gasteiger partial charge in [0.1, 0.15) is 5.82 Å². The van der Waals surface area contributed by atoms with Gasteiger partial charge in [-0.2, -0.15) is 5.10 Å². The smallest absolute Gasteiger partial charge is 0.256 e. The Hall–Kier alpha value is -1.67. The SMILES string of the molecule is Cc1cc(NC(=O)c2ccc(Br)cc2)n(C2CCS(=O)(=O)C2)n1. The fourth-order valence-electron chi connectivity index (χ4n) is 2.65. The van der Waals surface area contributed by atoms with Crippen molar-refractivity contribution in [3.8, 4) is 0 Å². The lowest BCUT2D eigenvalue weighted by atomic mass is 10.2. The van der Waals surface area contributed by atoms with Gasteiger partial charge in [-0.1, -0.05) is 15.9 Å². The number of carbonyl (C=O) groups excluding carboxylic acids is 1. The van der Waals surface area contributed by atoms with E-state index in [2.05, 4.69) is 26.3 Å². The molecular formula is C15H16BrN3O3S. The number of nitrogens with one attached hydrogen (secondary N) is 1. The van der Waals surface area contributed by atoms with Crippen LogP contribution in [-0.4, -0.2) is 35.6 Å². The van der Waals surface area contributed by atoms with E-state index in [1.54, 1.807) is 35.0 Å². The molecule has 1 amide bonds. The molecule has 1 unspecified atom stereocenters. The molecule has 1 aromatic heterocycles. The molecule has 2 aromatic rings. The number of aromatic nitrogens is 2. The summed E-state index contributed by atoms with van der Waals surface area (Å²) < 4.78 is 25.9. The van der Waals surface area contributed by atoms with Crippen molar-refractivity contribution < 1.29 is 13.2 Å². The fourth-order valence-corrected chi connectivity index (χ4v) is 4.60. The first-order chi connectivity index (χ1) is 10.8. The first kappa shape index (κ1) is 16.2. The maximum Gasteiger partial charge on any atom is 0.256 e. The standard InChI is InChI=1S/C15H16BrN3O3S/c1-10-8-14(17-15(20)11-2-4-12(16)5-3-11)19(18-10)13-6-7-23(21,22)9-13/h2-5,8,13H,6-7,9H2,1H3,(H,17,20). The number of nitrogens with zero attached hydrogens (tertiary/aromatic N) is 2. The van der Waals surface area contributed by atoms with Crippen molar-refractivity contribution >= 4 is 37.5 Å². The summed E-state index contributed by atoms with van der Waals surface area (Å²) >= 11 is 3.33. The summed E-state index contributed by atoms with van der Waals surface area (Å²) in [6.45, 7) is 1.81. The number of sulfone groups is 1. The summed E-state index contributed by atoms with van der Waals surface area (Å²) in [4.78, 5) is 12.3. The third-order valence-electron chi connectivity index (χ3n) is 3.76. The van der Waals surface area contributed by atoms with Crippen LogP contribution in [0.3, 0.4) is 0 Å². The molecule has 1 fully saturated rings. The predicted octanol–water partition coefficient (Wildman–Crippen LogP) is 2.57. The van der Waals surface area contributed by atoms with Crippen LogP contribution in [0.4, 0.5) is 5.82 Å². The molecule has 6 nitrogen and oxygen atoms in total. The Morgan fingerprint density at radius 2 is 2.04 bits per heavy atom. The molecule has 23 heavy (non-hydrogen) atoms. The van der Waals surface area contributed by atoms with Gasteiger partial charge < -0.3 is 5.32 Å². The Balaban J connectivity index is 1.83. The molecule has 1 aliphatic rings. The lowest BCUT2D eigenvalue weighted by Gasteiger charge is -2.13. The molecule has 0 bridgehead atoms. The first-order valence-electron chi connectivity index (χ1n) is 7.17. The maximum atomic E-state index is 12.3. The lowest BCUT2D eigenvalue weighted by Crippen LogP contribution is -2.19. The zero-order valence-electron chi connectivity index (χ0n) is 12.5. The summed E-state index contributed by atoms with van der Waals surface area (Å²) in [6.07, 6.45) is 0.518. The number of rotatable bonds is 3. The Labute approximate surface area is 142 Å². The van der Waals surface area contributed by atoms with E-state index in [0.29, 0.717) is 17.8 Å². The Kier molecular flexibility index (Phi) is 4.29. The van der Waals surface area contributed by atoms with E-state index < -0.39 is 9.84 Å². The van der Waals surface area contributed by atoms with Crippen molar-refractivity contribution in [2.45, 2.75) is 19.4 Å². The molecule has 0 aliphatic carbocycles. The number of hydrogen-bond acceptors (Lipinski definition) is 4. The van der Waals surface area contributed by atoms with E-state index in [1.807, 2.05) is 6.92 Å². The highest BCUT2D eigenvalue weighted by Gasteiger charge is 2.31. The summed E-state index contributed by atoms with van der Waals surface area (Å²) in [5.74, 6) is 0.503. The molecule has 0 radical (unpaired) electrons. The van der Waals surface area contributed by atoms with E-state index in [1.165, 1.54) is 0 Å². The highest BCUT2D eigenvalue weighted by atomic mass is 79.9. The van der Waals surface area contributed by atoms with Gasteiger partial charge in [0.15, 0.2) is 9.84 Å². The van der Waals surface area contributed by atoms with Crippen LogP contribution < -0.4 is 5.32 Å². The highest BCUT2D eigenvalue weighted by Crippen LogP contribution is 2.27. The number of amides is 1. The Morgan fingerprint density at radius 1 is 1.35 bits per heavy atom. The van der Waals surface area contributed by atoms with Crippen LogP contribution in [0.15, 0.2) is 34.8 Å². The van der Waals surface area contributed by atoms with Gasteiger partial charge in [-0.25, -0.2) is 13.1 Å². The van der Waals surface area contributed by atoms with Crippen molar-refractivity contribution in [2.24, 2.45) is 0 Å². The zero-order chi connectivity index (χ0) is 16.6. The van der Waals surface area contributed by atoms with Gasteiger partial charge in [-0.05, 0) is 37.6 Å². The quantitative estimate of drug-likeness (QED) is 0.862. The second-order valence-corrected chi connectivity index (χ2v) is 8.78. The van der Waals surface area contributed by atoms with Crippen LogP contribution in [0.25, 0.3) is 0 Å². The summed E-state index contributed by atoms with van der Waals surface area (Å²) in [5, 5.41) is 7.17. The molecule has 0 saturated carbocycles. The Morgan fingerprint density at radius 3 is 2.65 bits per heavy atom. The molecule has 8 heteroatoms. The van der Waals surface area contributed by atoms with Crippen molar-refractivity contribution in [3.63, 3.8) is 0 Å². The number of carbonyl (C=O) groups is 1. The van der Waals surface area contributed by atoms with Crippen molar-refractivity contribution in [2.75, 3.05) is 16.8 Å². The van der Waals surface area contributed by atoms with Gasteiger partial charge in [0, 0.05) is 16.1 Å². The lowest BCUT2D eigenvalue weighted by molar-refractivity contribution is 0.102. The fraction of sp³-hybridized carbons (Fsp3) is 0.333. The first-order valence-corrected chi connectivity index (χ1v) is 9.79. The molecule has 1 aromatic carbocycles. The van der Waals surface area contributed by atoms with Crippen molar-refractivity contribution in [3.05, 3.63) is 46.1 Å². The van der Waals surface area contributed by atoms with Gasteiger partial charge in [0.25, 0.3) is 5.91 Å². The number of anilines is 1. The summed E-state index contributed by atoms with van der Waals surface area (Å²) in [7, 11) is -3.02. The third-order valence-corrected chi connectivity index (χ3v) is 6.04. The van der Waals surface area contributed by atoms with Crippen LogP contribution in [0, 0.1) is 6.92 Å². The monoisotopic (exact) mass is 397 g/mol. The topological polar surface area (TPSA) is 81.1 Å². The van der Waals surface area contributed by atoms with E-state index >= 15 is 0 Å². The van der Waals surface area contributed by atoms with Crippen LogP contribution in [0.5, 0.6) is 0 Å². The largest absolute Gasteiger partial charge is 0.307 e. The minimum atomic E-state index is -3.02. The molecule has 3 rings (SSSR count). The van der Waals surface area contributed by atoms with E-state index in [0.717, 1.165) is 10.2 Å². The van der Waals surface area contributed by atoms with Crippen LogP contribution in [0.2, 0.25) is 0 Å². The van der Waals surface area contributed by atoms with Crippen LogP contribution >= 0.6 is 15.9 Å². The molecule has 1 saturated heterocycles. The van der Waals surface area contributed by atoms with Crippen molar-refractivity contribution in [1.29, 1.82) is 0 Å². The van der Waals surface area contributed by atoms with Gasteiger partial charge in [0.05, 0.1) is 23.2 Å². The number of halogens is 1. The maximum absolute atomic E-state index is 12.3. The molecule has 1 atom stereocenters. The van der Waals surface area contributed by atoms with E-state index in [4.69, 9.17) is 0 Å². The van der Waals surface area contributed by atoms with E-state index in [-0.39, 0.29) is 23.5 Å². The Bertz CT molecular complexity index is 843. The second-order valence-electron chi connectivity index (χ2n) is 5.63. The van der Waals surface area contributed by atoms with Gasteiger partial charge in [-0.15, -0.1) is 0 Å². The average molecular weight is 398 g/mol. The predicted molar refractivity (Wildman–Crippen MR) is 91.4 cm³/mol. The third kappa shape index (κ3) is 3.64. The molecule has 0 spiro atoms. The molecule has 2 heterocycles. The van der Waals surface area contributed by atoms with Gasteiger partial charge >= 0.3 is 0 Å². The number of benzene rings is 1.